The zero-order valence-electron chi connectivity index (χ0n) is 10.6. The van der Waals surface area contributed by atoms with E-state index in [-0.39, 0.29) is 6.61 Å². The molecule has 0 unspecified atom stereocenters. The number of hydrazone groups is 1. The van der Waals surface area contributed by atoms with Crippen LogP contribution in [0.15, 0.2) is 33.2 Å². The molecule has 102 valence electrons. The lowest BCUT2D eigenvalue weighted by atomic mass is 10.2. The van der Waals surface area contributed by atoms with Crippen molar-refractivity contribution in [2.75, 3.05) is 12.0 Å². The van der Waals surface area contributed by atoms with Gasteiger partial charge in [-0.2, -0.15) is 10.4 Å². The summed E-state index contributed by atoms with van der Waals surface area (Å²) in [5.74, 6) is 0.607. The summed E-state index contributed by atoms with van der Waals surface area (Å²) in [6.07, 6.45) is 1.63. The quantitative estimate of drug-likeness (QED) is 0.661. The van der Waals surface area contributed by atoms with Crippen LogP contribution in [-0.4, -0.2) is 17.8 Å². The Hall–Kier alpha value is -1.91. The lowest BCUT2D eigenvalue weighted by molar-refractivity contribution is 0.367. The first-order valence-corrected chi connectivity index (χ1v) is 7.37. The minimum atomic E-state index is 0.00156. The van der Waals surface area contributed by atoms with Crippen molar-refractivity contribution in [1.29, 1.82) is 5.26 Å². The number of aromatic nitrogens is 1. The average molecular weight is 351 g/mol. The third-order valence-electron chi connectivity index (χ3n) is 2.25. The van der Waals surface area contributed by atoms with E-state index in [0.29, 0.717) is 5.75 Å². The van der Waals surface area contributed by atoms with Gasteiger partial charge in [-0.05, 0) is 25.1 Å². The Balaban J connectivity index is 2.10. The number of rotatable bonds is 5. The van der Waals surface area contributed by atoms with Gasteiger partial charge in [0.05, 0.1) is 11.9 Å². The Kier molecular flexibility index (Phi) is 5.09. The first-order valence-electron chi connectivity index (χ1n) is 5.69. The Morgan fingerprint density at radius 2 is 2.45 bits per heavy atom. The van der Waals surface area contributed by atoms with Crippen LogP contribution in [0.3, 0.4) is 0 Å². The molecule has 2 rings (SSSR count). The van der Waals surface area contributed by atoms with Crippen LogP contribution in [0.25, 0.3) is 0 Å². The van der Waals surface area contributed by atoms with Crippen LogP contribution in [0, 0.1) is 18.3 Å². The topological polar surface area (TPSA) is 70.3 Å². The van der Waals surface area contributed by atoms with Crippen LogP contribution in [0.2, 0.25) is 0 Å². The average Bonchev–Trinajstić information content (AvgIpc) is 2.84. The molecule has 7 heteroatoms. The van der Waals surface area contributed by atoms with E-state index in [1.807, 2.05) is 30.5 Å². The van der Waals surface area contributed by atoms with Gasteiger partial charge in [-0.3, -0.25) is 5.43 Å². The summed E-state index contributed by atoms with van der Waals surface area (Å²) in [7, 11) is 0. The van der Waals surface area contributed by atoms with Gasteiger partial charge in [0.1, 0.15) is 11.8 Å². The molecule has 0 spiro atoms. The first-order chi connectivity index (χ1) is 9.69. The smallest absolute Gasteiger partial charge is 0.203 e. The molecule has 0 fully saturated rings. The molecule has 1 heterocycles. The number of hydrogen-bond acceptors (Lipinski definition) is 6. The van der Waals surface area contributed by atoms with E-state index in [4.69, 9.17) is 10.00 Å². The molecule has 0 saturated heterocycles. The molecular weight excluding hydrogens is 340 g/mol. The number of ether oxygens (including phenoxy) is 1. The fourth-order valence-corrected chi connectivity index (χ4v) is 2.44. The number of aryl methyl sites for hydroxylation is 1. The number of nitrogens with zero attached hydrogens (tertiary/aromatic N) is 3. The number of hydrogen-bond donors (Lipinski definition) is 1. The van der Waals surface area contributed by atoms with Crippen LogP contribution in [0.5, 0.6) is 5.75 Å². The second-order valence-corrected chi connectivity index (χ2v) is 5.57. The third kappa shape index (κ3) is 4.05. The maximum absolute atomic E-state index is 8.56. The van der Waals surface area contributed by atoms with Gasteiger partial charge in [-0.25, -0.2) is 4.98 Å². The molecule has 0 bridgehead atoms. The van der Waals surface area contributed by atoms with Crippen LogP contribution >= 0.6 is 27.3 Å². The summed E-state index contributed by atoms with van der Waals surface area (Å²) in [4.78, 5) is 4.24. The number of nitrogens with one attached hydrogen (secondary N) is 1. The van der Waals surface area contributed by atoms with Crippen molar-refractivity contribution in [3.05, 3.63) is 39.3 Å². The van der Waals surface area contributed by atoms with Gasteiger partial charge in [-0.1, -0.05) is 15.9 Å². The standard InChI is InChI=1S/C13H11BrN4OS/c1-9-8-20-13(17-9)18-16-7-10-6-11(14)2-3-12(10)19-5-4-15/h2-3,6-8H,5H2,1H3,(H,17,18). The van der Waals surface area contributed by atoms with E-state index in [0.717, 1.165) is 20.9 Å². The van der Waals surface area contributed by atoms with Crippen LogP contribution < -0.4 is 10.2 Å². The van der Waals surface area contributed by atoms with Crippen molar-refractivity contribution in [3.63, 3.8) is 0 Å². The molecule has 0 aliphatic rings. The van der Waals surface area contributed by atoms with Gasteiger partial charge in [0.25, 0.3) is 0 Å². The van der Waals surface area contributed by atoms with Crippen LogP contribution in [-0.2, 0) is 0 Å². The molecule has 0 atom stereocenters. The van der Waals surface area contributed by atoms with Crippen LogP contribution in [0.1, 0.15) is 11.3 Å². The van der Waals surface area contributed by atoms with Crippen molar-refractivity contribution in [2.45, 2.75) is 6.92 Å². The largest absolute Gasteiger partial charge is 0.478 e. The van der Waals surface area contributed by atoms with Crippen molar-refractivity contribution in [3.8, 4) is 11.8 Å². The van der Waals surface area contributed by atoms with Gasteiger partial charge in [0, 0.05) is 15.4 Å². The lowest BCUT2D eigenvalue weighted by Crippen LogP contribution is -1.98. The summed E-state index contributed by atoms with van der Waals surface area (Å²) in [6, 6.07) is 7.44. The summed E-state index contributed by atoms with van der Waals surface area (Å²) >= 11 is 4.88. The van der Waals surface area contributed by atoms with Gasteiger partial charge in [0.2, 0.25) is 5.13 Å². The second-order valence-electron chi connectivity index (χ2n) is 3.79. The minimum absolute atomic E-state index is 0.00156. The Morgan fingerprint density at radius 3 is 3.15 bits per heavy atom. The van der Waals surface area contributed by atoms with Crippen molar-refractivity contribution in [1.82, 2.24) is 4.98 Å². The first kappa shape index (κ1) is 14.5. The lowest BCUT2D eigenvalue weighted by Gasteiger charge is -2.05. The number of benzene rings is 1. The number of anilines is 1. The molecule has 5 nitrogen and oxygen atoms in total. The van der Waals surface area contributed by atoms with E-state index in [9.17, 15) is 0 Å². The maximum atomic E-state index is 8.56. The zero-order valence-corrected chi connectivity index (χ0v) is 13.0. The highest BCUT2D eigenvalue weighted by Crippen LogP contribution is 2.22. The molecule has 0 amide bonds. The van der Waals surface area contributed by atoms with E-state index in [2.05, 4.69) is 31.4 Å². The number of halogens is 1. The molecule has 1 aromatic carbocycles. The monoisotopic (exact) mass is 350 g/mol. The maximum Gasteiger partial charge on any atom is 0.203 e. The summed E-state index contributed by atoms with van der Waals surface area (Å²) in [6.45, 7) is 1.93. The molecular formula is C13H11BrN4OS. The highest BCUT2D eigenvalue weighted by molar-refractivity contribution is 9.10. The Morgan fingerprint density at radius 1 is 1.60 bits per heavy atom. The minimum Gasteiger partial charge on any atom is -0.478 e. The van der Waals surface area contributed by atoms with Gasteiger partial charge in [-0.15, -0.1) is 11.3 Å². The van der Waals surface area contributed by atoms with Crippen molar-refractivity contribution in [2.24, 2.45) is 5.10 Å². The number of nitriles is 1. The summed E-state index contributed by atoms with van der Waals surface area (Å²) in [5, 5.41) is 15.4. The molecule has 0 saturated carbocycles. The van der Waals surface area contributed by atoms with E-state index < -0.39 is 0 Å². The van der Waals surface area contributed by atoms with Crippen LogP contribution in [0.4, 0.5) is 5.13 Å². The molecule has 2 aromatic rings. The predicted octanol–water partition coefficient (Wildman–Crippen LogP) is 3.56. The predicted molar refractivity (Wildman–Crippen MR) is 83.3 cm³/mol. The zero-order chi connectivity index (χ0) is 14.4. The second kappa shape index (κ2) is 7.03. The van der Waals surface area contributed by atoms with Gasteiger partial charge in [0.15, 0.2) is 6.61 Å². The Bertz CT molecular complexity index is 663. The number of thiazole rings is 1. The fraction of sp³-hybridized carbons (Fsp3) is 0.154. The summed E-state index contributed by atoms with van der Waals surface area (Å²) in [5.41, 5.74) is 4.58. The SMILES string of the molecule is Cc1csc(NN=Cc2cc(Br)ccc2OCC#N)n1. The Labute approximate surface area is 129 Å². The molecule has 1 aromatic heterocycles. The molecule has 20 heavy (non-hydrogen) atoms. The summed E-state index contributed by atoms with van der Waals surface area (Å²) < 4.78 is 6.24. The molecule has 0 aliphatic carbocycles. The van der Waals surface area contributed by atoms with Gasteiger partial charge >= 0.3 is 0 Å². The molecule has 0 aliphatic heterocycles. The highest BCUT2D eigenvalue weighted by atomic mass is 79.9. The third-order valence-corrected chi connectivity index (χ3v) is 3.60. The molecule has 0 radical (unpaired) electrons. The van der Waals surface area contributed by atoms with E-state index in [1.54, 1.807) is 12.3 Å². The van der Waals surface area contributed by atoms with E-state index >= 15 is 0 Å². The highest BCUT2D eigenvalue weighted by Gasteiger charge is 2.03. The molecule has 1 N–H and O–H groups in total. The van der Waals surface area contributed by atoms with Crippen molar-refractivity contribution >= 4 is 38.6 Å². The van der Waals surface area contributed by atoms with Crippen molar-refractivity contribution < 1.29 is 4.74 Å². The van der Waals surface area contributed by atoms with E-state index in [1.165, 1.54) is 11.3 Å². The normalized spacial score (nSPS) is 10.4. The fourth-order valence-electron chi connectivity index (χ4n) is 1.42. The van der Waals surface area contributed by atoms with Gasteiger partial charge < -0.3 is 4.74 Å².